The Morgan fingerprint density at radius 3 is 2.26 bits per heavy atom. The molecule has 5 nitrogen and oxygen atoms in total. The average Bonchev–Trinajstić information content (AvgIpc) is 3.13. The predicted octanol–water partition coefficient (Wildman–Crippen LogP) is 3.71. The van der Waals surface area contributed by atoms with Gasteiger partial charge in [0.15, 0.2) is 5.76 Å². The summed E-state index contributed by atoms with van der Waals surface area (Å²) in [6, 6.07) is 6.89. The van der Waals surface area contributed by atoms with Gasteiger partial charge >= 0.3 is 6.18 Å². The molecule has 0 saturated heterocycles. The molecule has 0 spiro atoms. The van der Waals surface area contributed by atoms with E-state index >= 15 is 0 Å². The maximum absolute atomic E-state index is 12.7. The molecular weight excluding hydrogens is 361 g/mol. The number of halogens is 3. The van der Waals surface area contributed by atoms with Crippen LogP contribution in [-0.4, -0.2) is 29.8 Å². The first kappa shape index (κ1) is 20.5. The van der Waals surface area contributed by atoms with E-state index in [1.165, 1.54) is 36.4 Å². The smallest absolute Gasteiger partial charge is 0.416 e. The van der Waals surface area contributed by atoms with Gasteiger partial charge in [-0.3, -0.25) is 9.59 Å². The molecule has 0 radical (unpaired) electrons. The fraction of sp³-hybridized carbons (Fsp3) is 0.368. The molecule has 2 aromatic rings. The van der Waals surface area contributed by atoms with Crippen molar-refractivity contribution in [2.45, 2.75) is 32.6 Å². The number of nitrogens with one attached hydrogen (secondary N) is 1. The van der Waals surface area contributed by atoms with Crippen LogP contribution in [0.4, 0.5) is 13.2 Å². The Morgan fingerprint density at radius 2 is 1.78 bits per heavy atom. The molecule has 0 fully saturated rings. The third kappa shape index (κ3) is 5.35. The number of hydrogen-bond donors (Lipinski definition) is 1. The van der Waals surface area contributed by atoms with Crippen LogP contribution in [0.25, 0.3) is 0 Å². The van der Waals surface area contributed by atoms with Crippen molar-refractivity contribution in [3.8, 4) is 0 Å². The van der Waals surface area contributed by atoms with Gasteiger partial charge in [0.25, 0.3) is 5.91 Å². The van der Waals surface area contributed by atoms with Gasteiger partial charge in [0.2, 0.25) is 5.91 Å². The van der Waals surface area contributed by atoms with Crippen molar-refractivity contribution in [3.05, 3.63) is 59.5 Å². The van der Waals surface area contributed by atoms with Crippen LogP contribution >= 0.6 is 0 Å². The standard InChI is InChI=1S/C19H21F3N2O3/c1-12(2)16(23-17(25)15-5-4-10-27-15)18(26)24(3)11-13-6-8-14(9-7-13)19(20,21)22/h4-10,12,16H,11H2,1-3H3,(H,23,25)/t16-/m0/s1. The van der Waals surface area contributed by atoms with Crippen molar-refractivity contribution in [1.82, 2.24) is 10.2 Å². The van der Waals surface area contributed by atoms with Crippen molar-refractivity contribution in [3.63, 3.8) is 0 Å². The van der Waals surface area contributed by atoms with Crippen LogP contribution in [0, 0.1) is 5.92 Å². The van der Waals surface area contributed by atoms with Gasteiger partial charge in [-0.25, -0.2) is 0 Å². The first-order valence-corrected chi connectivity index (χ1v) is 8.35. The summed E-state index contributed by atoms with van der Waals surface area (Å²) in [4.78, 5) is 26.2. The van der Waals surface area contributed by atoms with E-state index in [9.17, 15) is 22.8 Å². The molecule has 27 heavy (non-hydrogen) atoms. The lowest BCUT2D eigenvalue weighted by Gasteiger charge is -2.27. The highest BCUT2D eigenvalue weighted by Crippen LogP contribution is 2.29. The van der Waals surface area contributed by atoms with Gasteiger partial charge in [-0.2, -0.15) is 13.2 Å². The molecule has 1 aromatic heterocycles. The molecule has 0 aliphatic carbocycles. The quantitative estimate of drug-likeness (QED) is 0.828. The molecule has 2 rings (SSSR count). The summed E-state index contributed by atoms with van der Waals surface area (Å²) in [5.41, 5.74) is -0.190. The molecule has 1 atom stereocenters. The van der Waals surface area contributed by atoms with E-state index in [4.69, 9.17) is 4.42 Å². The molecule has 0 unspecified atom stereocenters. The minimum atomic E-state index is -4.40. The Bertz CT molecular complexity index is 768. The highest BCUT2D eigenvalue weighted by atomic mass is 19.4. The minimum Gasteiger partial charge on any atom is -0.459 e. The summed E-state index contributed by atoms with van der Waals surface area (Å²) in [7, 11) is 1.54. The third-order valence-corrected chi connectivity index (χ3v) is 4.04. The molecule has 8 heteroatoms. The summed E-state index contributed by atoms with van der Waals surface area (Å²) < 4.78 is 42.9. The third-order valence-electron chi connectivity index (χ3n) is 4.04. The molecule has 146 valence electrons. The van der Waals surface area contributed by atoms with Crippen LogP contribution in [0.5, 0.6) is 0 Å². The number of likely N-dealkylation sites (N-methyl/N-ethyl adjacent to an activating group) is 1. The first-order valence-electron chi connectivity index (χ1n) is 8.35. The van der Waals surface area contributed by atoms with E-state index in [0.717, 1.165) is 12.1 Å². The molecule has 0 aliphatic heterocycles. The van der Waals surface area contributed by atoms with Crippen LogP contribution in [0.3, 0.4) is 0 Å². The maximum Gasteiger partial charge on any atom is 0.416 e. The van der Waals surface area contributed by atoms with Gasteiger partial charge in [-0.15, -0.1) is 0 Å². The Balaban J connectivity index is 2.05. The van der Waals surface area contributed by atoms with Crippen LogP contribution in [0.1, 0.15) is 35.5 Å². The van der Waals surface area contributed by atoms with E-state index in [2.05, 4.69) is 5.32 Å². The fourth-order valence-electron chi connectivity index (χ4n) is 2.52. The summed E-state index contributed by atoms with van der Waals surface area (Å²) in [6.07, 6.45) is -3.04. The van der Waals surface area contributed by atoms with Crippen LogP contribution in [-0.2, 0) is 17.5 Å². The minimum absolute atomic E-state index is 0.0962. The van der Waals surface area contributed by atoms with Crippen molar-refractivity contribution in [1.29, 1.82) is 0 Å². The van der Waals surface area contributed by atoms with Gasteiger partial charge in [0, 0.05) is 13.6 Å². The van der Waals surface area contributed by atoms with E-state index in [1.54, 1.807) is 19.9 Å². The van der Waals surface area contributed by atoms with Gasteiger partial charge in [0.05, 0.1) is 11.8 Å². The Kier molecular flexibility index (Phi) is 6.30. The van der Waals surface area contributed by atoms with Crippen LogP contribution < -0.4 is 5.32 Å². The fourth-order valence-corrected chi connectivity index (χ4v) is 2.52. The second-order valence-electron chi connectivity index (χ2n) is 6.56. The van der Waals surface area contributed by atoms with Gasteiger partial charge in [-0.1, -0.05) is 26.0 Å². The number of benzene rings is 1. The van der Waals surface area contributed by atoms with Crippen molar-refractivity contribution >= 4 is 11.8 Å². The zero-order chi connectivity index (χ0) is 20.2. The number of nitrogens with zero attached hydrogens (tertiary/aromatic N) is 1. The maximum atomic E-state index is 12.7. The zero-order valence-corrected chi connectivity index (χ0v) is 15.2. The van der Waals surface area contributed by atoms with Crippen molar-refractivity contribution in [2.24, 2.45) is 5.92 Å². The SMILES string of the molecule is CC(C)[C@H](NC(=O)c1ccco1)C(=O)N(C)Cc1ccc(C(F)(F)F)cc1. The number of amides is 2. The number of rotatable bonds is 6. The van der Waals surface area contributed by atoms with Gasteiger partial charge in [0.1, 0.15) is 6.04 Å². The Morgan fingerprint density at radius 1 is 1.15 bits per heavy atom. The molecule has 1 aromatic carbocycles. The lowest BCUT2D eigenvalue weighted by Crippen LogP contribution is -2.49. The molecular formula is C19H21F3N2O3. The number of carbonyl (C=O) groups is 2. The molecule has 1 heterocycles. The summed E-state index contributed by atoms with van der Waals surface area (Å²) in [6.45, 7) is 3.70. The topological polar surface area (TPSA) is 62.6 Å². The van der Waals surface area contributed by atoms with Crippen molar-refractivity contribution in [2.75, 3.05) is 7.05 Å². The summed E-state index contributed by atoms with van der Waals surface area (Å²) in [5, 5.41) is 2.64. The van der Waals surface area contributed by atoms with E-state index in [1.807, 2.05) is 0 Å². The monoisotopic (exact) mass is 382 g/mol. The first-order chi connectivity index (χ1) is 12.6. The Labute approximate surface area is 155 Å². The Hall–Kier alpha value is -2.77. The average molecular weight is 382 g/mol. The van der Waals surface area contributed by atoms with E-state index in [0.29, 0.717) is 5.56 Å². The van der Waals surface area contributed by atoms with Crippen LogP contribution in [0.15, 0.2) is 47.1 Å². The lowest BCUT2D eigenvalue weighted by molar-refractivity contribution is -0.137. The molecule has 0 aliphatic rings. The second-order valence-corrected chi connectivity index (χ2v) is 6.56. The summed E-state index contributed by atoms with van der Waals surface area (Å²) >= 11 is 0. The normalized spacial score (nSPS) is 12.7. The predicted molar refractivity (Wildman–Crippen MR) is 92.7 cm³/mol. The van der Waals surface area contributed by atoms with Gasteiger partial charge in [-0.05, 0) is 35.7 Å². The number of furan rings is 1. The number of alkyl halides is 3. The molecule has 1 N–H and O–H groups in total. The molecule has 0 bridgehead atoms. The van der Waals surface area contributed by atoms with Crippen molar-refractivity contribution < 1.29 is 27.2 Å². The second kappa shape index (κ2) is 8.28. The molecule has 0 saturated carbocycles. The van der Waals surface area contributed by atoms with Gasteiger partial charge < -0.3 is 14.6 Å². The zero-order valence-electron chi connectivity index (χ0n) is 15.2. The van der Waals surface area contributed by atoms with E-state index in [-0.39, 0.29) is 24.1 Å². The molecule has 2 amide bonds. The lowest BCUT2D eigenvalue weighted by atomic mass is 10.0. The summed E-state index contributed by atoms with van der Waals surface area (Å²) in [5.74, 6) is -0.940. The highest BCUT2D eigenvalue weighted by molar-refractivity contribution is 5.95. The number of carbonyl (C=O) groups excluding carboxylic acids is 2. The van der Waals surface area contributed by atoms with Crippen LogP contribution in [0.2, 0.25) is 0 Å². The largest absolute Gasteiger partial charge is 0.459 e. The van der Waals surface area contributed by atoms with E-state index < -0.39 is 23.7 Å². The highest BCUT2D eigenvalue weighted by Gasteiger charge is 2.30. The number of hydrogen-bond acceptors (Lipinski definition) is 3.